The lowest BCUT2D eigenvalue weighted by Crippen LogP contribution is -2.29. The van der Waals surface area contributed by atoms with Crippen molar-refractivity contribution in [2.45, 2.75) is 37.5 Å². The molecule has 4 heterocycles. The summed E-state index contributed by atoms with van der Waals surface area (Å²) in [6, 6.07) is 5.74. The minimum absolute atomic E-state index is 0.00134. The molecule has 5 N–H and O–H groups in total. The van der Waals surface area contributed by atoms with Crippen LogP contribution in [0.5, 0.6) is 0 Å². The Kier molecular flexibility index (Phi) is 4.03. The molecule has 0 amide bonds. The topological polar surface area (TPSA) is 126 Å². The number of anilines is 1. The molecule has 144 valence electrons. The molecule has 1 fully saturated rings. The van der Waals surface area contributed by atoms with Crippen molar-refractivity contribution in [1.82, 2.24) is 24.5 Å². The number of nitrogens with two attached hydrogens (primary N) is 1. The fraction of sp³-hybridized carbons (Fsp3) is 0.350. The van der Waals surface area contributed by atoms with Crippen molar-refractivity contribution in [3.63, 3.8) is 0 Å². The summed E-state index contributed by atoms with van der Waals surface area (Å²) >= 11 is 0. The fourth-order valence-corrected chi connectivity index (χ4v) is 4.39. The number of pyridine rings is 1. The van der Waals surface area contributed by atoms with Crippen molar-refractivity contribution in [3.05, 3.63) is 48.7 Å². The van der Waals surface area contributed by atoms with Crippen LogP contribution < -0.4 is 5.73 Å². The average molecular weight is 378 g/mol. The maximum Gasteiger partial charge on any atom is 0.145 e. The molecule has 4 aromatic heterocycles. The molecule has 4 atom stereocenters. The zero-order valence-corrected chi connectivity index (χ0v) is 15.2. The number of hydrogen-bond donors (Lipinski definition) is 4. The van der Waals surface area contributed by atoms with Gasteiger partial charge in [0.15, 0.2) is 0 Å². The molecule has 5 rings (SSSR count). The monoisotopic (exact) mass is 378 g/mol. The van der Waals surface area contributed by atoms with Gasteiger partial charge in [0, 0.05) is 24.0 Å². The van der Waals surface area contributed by atoms with Crippen LogP contribution in [0.15, 0.2) is 43.1 Å². The number of aryl methyl sites for hydroxylation is 1. The summed E-state index contributed by atoms with van der Waals surface area (Å²) in [7, 11) is 0. The second kappa shape index (κ2) is 6.57. The number of aliphatic hydroxyl groups excluding tert-OH is 2. The number of aliphatic hydroxyl groups is 2. The Morgan fingerprint density at radius 3 is 2.96 bits per heavy atom. The van der Waals surface area contributed by atoms with Crippen LogP contribution in [0.2, 0.25) is 0 Å². The zero-order chi connectivity index (χ0) is 19.3. The molecule has 1 aliphatic rings. The number of aromatic nitrogens is 5. The lowest BCUT2D eigenvalue weighted by atomic mass is 9.96. The van der Waals surface area contributed by atoms with E-state index in [1.807, 2.05) is 35.3 Å². The van der Waals surface area contributed by atoms with E-state index >= 15 is 0 Å². The third kappa shape index (κ3) is 2.73. The summed E-state index contributed by atoms with van der Waals surface area (Å²) in [5, 5.41) is 23.2. The predicted molar refractivity (Wildman–Crippen MR) is 106 cm³/mol. The van der Waals surface area contributed by atoms with Crippen LogP contribution in [-0.2, 0) is 6.42 Å². The van der Waals surface area contributed by atoms with E-state index in [-0.39, 0.29) is 12.0 Å². The number of aromatic amines is 1. The highest BCUT2D eigenvalue weighted by atomic mass is 16.3. The van der Waals surface area contributed by atoms with Crippen molar-refractivity contribution >= 4 is 27.9 Å². The van der Waals surface area contributed by atoms with E-state index < -0.39 is 12.2 Å². The van der Waals surface area contributed by atoms with Crippen LogP contribution in [0.25, 0.3) is 22.1 Å². The number of fused-ring (bicyclic) bond motifs is 2. The molecule has 1 saturated carbocycles. The molecule has 0 aliphatic heterocycles. The minimum atomic E-state index is -0.845. The summed E-state index contributed by atoms with van der Waals surface area (Å²) < 4.78 is 1.91. The molecule has 0 aromatic carbocycles. The third-order valence-electron chi connectivity index (χ3n) is 5.93. The van der Waals surface area contributed by atoms with E-state index in [9.17, 15) is 10.2 Å². The van der Waals surface area contributed by atoms with Crippen molar-refractivity contribution in [2.75, 3.05) is 5.73 Å². The van der Waals surface area contributed by atoms with Crippen LogP contribution in [0, 0.1) is 5.92 Å². The van der Waals surface area contributed by atoms with Crippen LogP contribution in [0.1, 0.15) is 24.4 Å². The first-order valence-corrected chi connectivity index (χ1v) is 9.47. The molecule has 1 aliphatic carbocycles. The minimum Gasteiger partial charge on any atom is -0.390 e. The van der Waals surface area contributed by atoms with Gasteiger partial charge < -0.3 is 25.5 Å². The zero-order valence-electron chi connectivity index (χ0n) is 15.2. The molecular weight excluding hydrogens is 356 g/mol. The van der Waals surface area contributed by atoms with Crippen LogP contribution in [0.3, 0.4) is 0 Å². The molecule has 0 spiro atoms. The van der Waals surface area contributed by atoms with E-state index in [0.29, 0.717) is 17.9 Å². The molecule has 4 aromatic rings. The largest absolute Gasteiger partial charge is 0.390 e. The van der Waals surface area contributed by atoms with E-state index in [0.717, 1.165) is 34.8 Å². The van der Waals surface area contributed by atoms with Gasteiger partial charge in [0.1, 0.15) is 29.5 Å². The summed E-state index contributed by atoms with van der Waals surface area (Å²) in [5.74, 6) is 0.416. The maximum atomic E-state index is 10.7. The van der Waals surface area contributed by atoms with Crippen LogP contribution >= 0.6 is 0 Å². The SMILES string of the molecule is Nc1ncnc2c1ccn2[C@@H]1C[C@H](CCc2cnc3[nH]ccc3c2)[C@@H](O)[C@H]1O. The second-order valence-electron chi connectivity index (χ2n) is 7.56. The normalized spacial score (nSPS) is 25.1. The average Bonchev–Trinajstić information content (AvgIpc) is 3.40. The third-order valence-corrected chi connectivity index (χ3v) is 5.93. The first-order chi connectivity index (χ1) is 13.6. The van der Waals surface area contributed by atoms with Crippen LogP contribution in [-0.4, -0.2) is 46.9 Å². The number of nitrogen functional groups attached to an aromatic ring is 1. The van der Waals surface area contributed by atoms with E-state index in [1.165, 1.54) is 6.33 Å². The molecule has 28 heavy (non-hydrogen) atoms. The van der Waals surface area contributed by atoms with Crippen molar-refractivity contribution in [3.8, 4) is 0 Å². The van der Waals surface area contributed by atoms with E-state index in [4.69, 9.17) is 5.73 Å². The fourth-order valence-electron chi connectivity index (χ4n) is 4.39. The number of rotatable bonds is 4. The van der Waals surface area contributed by atoms with E-state index in [1.54, 1.807) is 0 Å². The smallest absolute Gasteiger partial charge is 0.145 e. The Balaban J connectivity index is 1.35. The molecular formula is C20H22N6O2. The highest BCUT2D eigenvalue weighted by Crippen LogP contribution is 2.39. The highest BCUT2D eigenvalue weighted by Gasteiger charge is 2.42. The highest BCUT2D eigenvalue weighted by molar-refractivity contribution is 5.86. The Morgan fingerprint density at radius 1 is 1.18 bits per heavy atom. The van der Waals surface area contributed by atoms with Gasteiger partial charge in [0.25, 0.3) is 0 Å². The second-order valence-corrected chi connectivity index (χ2v) is 7.56. The van der Waals surface area contributed by atoms with Gasteiger partial charge in [-0.05, 0) is 48.9 Å². The first kappa shape index (κ1) is 17.2. The summed E-state index contributed by atoms with van der Waals surface area (Å²) in [6.07, 6.45) is 7.67. The Labute approximate surface area is 161 Å². The van der Waals surface area contributed by atoms with Gasteiger partial charge in [-0.2, -0.15) is 0 Å². The molecule has 8 nitrogen and oxygen atoms in total. The Bertz CT molecular complexity index is 1140. The van der Waals surface area contributed by atoms with E-state index in [2.05, 4.69) is 26.0 Å². The van der Waals surface area contributed by atoms with Gasteiger partial charge in [-0.3, -0.25) is 0 Å². The molecule has 0 radical (unpaired) electrons. The number of hydrogen-bond acceptors (Lipinski definition) is 6. The lowest BCUT2D eigenvalue weighted by molar-refractivity contribution is 0.00545. The summed E-state index contributed by atoms with van der Waals surface area (Å²) in [5.41, 5.74) is 8.61. The van der Waals surface area contributed by atoms with Crippen molar-refractivity contribution < 1.29 is 10.2 Å². The van der Waals surface area contributed by atoms with Gasteiger partial charge in [0.2, 0.25) is 0 Å². The maximum absolute atomic E-state index is 10.7. The van der Waals surface area contributed by atoms with Gasteiger partial charge >= 0.3 is 0 Å². The Morgan fingerprint density at radius 2 is 2.07 bits per heavy atom. The molecule has 8 heteroatoms. The number of nitrogens with one attached hydrogen (secondary N) is 1. The van der Waals surface area contributed by atoms with Crippen molar-refractivity contribution in [1.29, 1.82) is 0 Å². The quantitative estimate of drug-likeness (QED) is 0.429. The van der Waals surface area contributed by atoms with Crippen LogP contribution in [0.4, 0.5) is 5.82 Å². The summed E-state index contributed by atoms with van der Waals surface area (Å²) in [4.78, 5) is 15.8. The number of nitrogens with zero attached hydrogens (tertiary/aromatic N) is 4. The molecule has 0 unspecified atom stereocenters. The first-order valence-electron chi connectivity index (χ1n) is 9.47. The van der Waals surface area contributed by atoms with Gasteiger partial charge in [-0.1, -0.05) is 0 Å². The standard InChI is InChI=1S/C20H22N6O2/c21-18-14-4-6-26(20(14)25-10-24-18)15-8-12(16(27)17(15)28)2-1-11-7-13-3-5-22-19(13)23-9-11/h3-7,9-10,12,15-17,27-28H,1-2,8H2,(H,22,23)(H2,21,24,25)/t12-,15+,16+,17-/m0/s1. The van der Waals surface area contributed by atoms with Gasteiger partial charge in [-0.25, -0.2) is 15.0 Å². The lowest BCUT2D eigenvalue weighted by Gasteiger charge is -2.19. The van der Waals surface area contributed by atoms with Crippen molar-refractivity contribution in [2.24, 2.45) is 5.92 Å². The van der Waals surface area contributed by atoms with Gasteiger partial charge in [0.05, 0.1) is 17.5 Å². The molecule has 0 saturated heterocycles. The summed E-state index contributed by atoms with van der Waals surface area (Å²) in [6.45, 7) is 0. The Hall–Kier alpha value is -2.97. The molecule has 0 bridgehead atoms. The van der Waals surface area contributed by atoms with Gasteiger partial charge in [-0.15, -0.1) is 0 Å². The predicted octanol–water partition coefficient (Wildman–Crippen LogP) is 1.81. The number of H-pyrrole nitrogens is 1.